The van der Waals surface area contributed by atoms with Crippen LogP contribution >= 0.6 is 12.4 Å². The molecule has 0 aliphatic rings. The highest BCUT2D eigenvalue weighted by atomic mass is 35.5. The van der Waals surface area contributed by atoms with Crippen LogP contribution in [-0.4, -0.2) is 41.0 Å². The van der Waals surface area contributed by atoms with E-state index in [2.05, 4.69) is 31.1 Å². The molecule has 6 nitrogen and oxygen atoms in total. The predicted octanol–water partition coefficient (Wildman–Crippen LogP) is 4.41. The van der Waals surface area contributed by atoms with Gasteiger partial charge in [-0.15, -0.1) is 12.4 Å². The number of halogens is 2. The Hall–Kier alpha value is -2.61. The molecule has 180 valence electrons. The van der Waals surface area contributed by atoms with E-state index in [1.165, 1.54) is 12.1 Å². The Morgan fingerprint density at radius 1 is 1.18 bits per heavy atom. The Morgan fingerprint density at radius 2 is 1.94 bits per heavy atom. The highest BCUT2D eigenvalue weighted by Crippen LogP contribution is 2.34. The van der Waals surface area contributed by atoms with Gasteiger partial charge in [-0.05, 0) is 41.3 Å². The number of aliphatic hydroxyl groups excluding tert-OH is 1. The van der Waals surface area contributed by atoms with E-state index in [4.69, 9.17) is 9.47 Å². The number of aromatic nitrogens is 2. The molecule has 2 N–H and O–H groups in total. The summed E-state index contributed by atoms with van der Waals surface area (Å²) in [6.07, 6.45) is 2.75. The van der Waals surface area contributed by atoms with Gasteiger partial charge >= 0.3 is 0 Å². The Labute approximate surface area is 201 Å². The van der Waals surface area contributed by atoms with Crippen molar-refractivity contribution in [3.63, 3.8) is 0 Å². The monoisotopic (exact) mass is 477 g/mol. The fourth-order valence-electron chi connectivity index (χ4n) is 3.55. The van der Waals surface area contributed by atoms with Crippen molar-refractivity contribution in [2.45, 2.75) is 38.3 Å². The quantitative estimate of drug-likeness (QED) is 0.478. The lowest BCUT2D eigenvalue weighted by molar-refractivity contribution is 0.103. The molecule has 0 amide bonds. The Kier molecular flexibility index (Phi) is 9.28. The lowest BCUT2D eigenvalue weighted by Crippen LogP contribution is -2.35. The van der Waals surface area contributed by atoms with E-state index in [9.17, 15) is 9.50 Å². The van der Waals surface area contributed by atoms with Crippen LogP contribution in [0.1, 0.15) is 43.8 Å². The molecule has 0 aliphatic carbocycles. The zero-order valence-corrected chi connectivity index (χ0v) is 20.5. The van der Waals surface area contributed by atoms with Gasteiger partial charge in [0.25, 0.3) is 0 Å². The van der Waals surface area contributed by atoms with E-state index in [0.717, 1.165) is 22.7 Å². The number of benzene rings is 2. The molecule has 2 aromatic carbocycles. The van der Waals surface area contributed by atoms with Gasteiger partial charge in [-0.2, -0.15) is 0 Å². The zero-order chi connectivity index (χ0) is 23.3. The van der Waals surface area contributed by atoms with E-state index >= 15 is 0 Å². The third-order valence-corrected chi connectivity index (χ3v) is 5.28. The molecule has 33 heavy (non-hydrogen) atoms. The van der Waals surface area contributed by atoms with Crippen LogP contribution in [-0.2, 0) is 12.5 Å². The van der Waals surface area contributed by atoms with Gasteiger partial charge in [0.1, 0.15) is 35.9 Å². The van der Waals surface area contributed by atoms with Crippen LogP contribution in [0.4, 0.5) is 4.39 Å². The summed E-state index contributed by atoms with van der Waals surface area (Å²) in [6.45, 7) is 6.66. The van der Waals surface area contributed by atoms with Crippen molar-refractivity contribution in [2.75, 3.05) is 20.3 Å². The minimum absolute atomic E-state index is 0. The normalized spacial score (nSPS) is 13.2. The Morgan fingerprint density at radius 3 is 2.55 bits per heavy atom. The minimum atomic E-state index is -0.777. The van der Waals surface area contributed by atoms with Crippen LogP contribution in [0.15, 0.2) is 54.9 Å². The first-order chi connectivity index (χ1) is 15.2. The van der Waals surface area contributed by atoms with E-state index < -0.39 is 6.10 Å². The highest BCUT2D eigenvalue weighted by molar-refractivity contribution is 5.85. The fraction of sp³-hybridized carbons (Fsp3) is 0.400. The third-order valence-electron chi connectivity index (χ3n) is 5.28. The summed E-state index contributed by atoms with van der Waals surface area (Å²) < 4.78 is 27.0. The second-order valence-electron chi connectivity index (χ2n) is 8.87. The van der Waals surface area contributed by atoms with Crippen molar-refractivity contribution in [1.82, 2.24) is 14.9 Å². The smallest absolute Gasteiger partial charge is 0.130 e. The van der Waals surface area contributed by atoms with Gasteiger partial charge in [0.05, 0.1) is 13.2 Å². The van der Waals surface area contributed by atoms with Crippen LogP contribution in [0.3, 0.4) is 0 Å². The summed E-state index contributed by atoms with van der Waals surface area (Å²) in [5.41, 5.74) is 1.59. The first-order valence-electron chi connectivity index (χ1n) is 10.6. The molecule has 1 heterocycles. The zero-order valence-electron chi connectivity index (χ0n) is 19.7. The topological polar surface area (TPSA) is 68.5 Å². The van der Waals surface area contributed by atoms with Gasteiger partial charge in [0.2, 0.25) is 0 Å². The van der Waals surface area contributed by atoms with Gasteiger partial charge in [-0.1, -0.05) is 32.9 Å². The molecule has 0 aliphatic heterocycles. The molecule has 1 aromatic heterocycles. The van der Waals surface area contributed by atoms with E-state index in [0.29, 0.717) is 5.75 Å². The summed E-state index contributed by atoms with van der Waals surface area (Å²) in [5.74, 6) is 1.89. The number of rotatable bonds is 9. The molecular weight excluding hydrogens is 445 g/mol. The molecule has 0 bridgehead atoms. The standard InChI is InChI=1S/C25H32FN3O3.ClH/c1-25(2,3)21-14-20(31-5)9-10-22(21)32-16-19(30)15-28-23(24-27-11-12-29(24)4)17-7-6-8-18(26)13-17;/h6-14,19,23,28,30H,15-16H2,1-5H3;1H. The van der Waals surface area contributed by atoms with Crippen molar-refractivity contribution in [1.29, 1.82) is 0 Å². The first-order valence-corrected chi connectivity index (χ1v) is 10.6. The van der Waals surface area contributed by atoms with Crippen molar-refractivity contribution in [3.8, 4) is 11.5 Å². The lowest BCUT2D eigenvalue weighted by atomic mass is 9.86. The summed E-state index contributed by atoms with van der Waals surface area (Å²) in [6, 6.07) is 11.7. The number of aliphatic hydroxyl groups is 1. The SMILES string of the molecule is COc1ccc(OCC(O)CNC(c2cccc(F)c2)c2nccn2C)c(C(C)(C)C)c1.Cl. The molecule has 0 fully saturated rings. The largest absolute Gasteiger partial charge is 0.497 e. The molecule has 2 unspecified atom stereocenters. The van der Waals surface area contributed by atoms with Crippen molar-refractivity contribution < 1.29 is 19.0 Å². The lowest BCUT2D eigenvalue weighted by Gasteiger charge is -2.25. The predicted molar refractivity (Wildman–Crippen MR) is 130 cm³/mol. The van der Waals surface area contributed by atoms with E-state index in [-0.39, 0.29) is 42.8 Å². The number of nitrogens with zero attached hydrogens (tertiary/aromatic N) is 2. The average Bonchev–Trinajstić information content (AvgIpc) is 3.17. The molecule has 3 rings (SSSR count). The van der Waals surface area contributed by atoms with Crippen LogP contribution in [0, 0.1) is 5.82 Å². The number of hydrogen-bond donors (Lipinski definition) is 2. The van der Waals surface area contributed by atoms with Crippen LogP contribution in [0.2, 0.25) is 0 Å². The van der Waals surface area contributed by atoms with Crippen LogP contribution in [0.5, 0.6) is 11.5 Å². The van der Waals surface area contributed by atoms with Crippen LogP contribution < -0.4 is 14.8 Å². The number of imidazole rings is 1. The van der Waals surface area contributed by atoms with Gasteiger partial charge in [0.15, 0.2) is 0 Å². The number of hydrogen-bond acceptors (Lipinski definition) is 5. The van der Waals surface area contributed by atoms with Crippen molar-refractivity contribution in [3.05, 3.63) is 77.6 Å². The third kappa shape index (κ3) is 6.93. The number of methoxy groups -OCH3 is 1. The Balaban J connectivity index is 0.00000385. The molecule has 0 saturated carbocycles. The van der Waals surface area contributed by atoms with Crippen molar-refractivity contribution >= 4 is 12.4 Å². The Bertz CT molecular complexity index is 1040. The number of ether oxygens (including phenoxy) is 2. The van der Waals surface area contributed by atoms with E-state index in [1.54, 1.807) is 19.4 Å². The number of nitrogens with one attached hydrogen (secondary N) is 1. The summed E-state index contributed by atoms with van der Waals surface area (Å²) in [5, 5.41) is 13.9. The summed E-state index contributed by atoms with van der Waals surface area (Å²) in [4.78, 5) is 4.40. The van der Waals surface area contributed by atoms with Crippen molar-refractivity contribution in [2.24, 2.45) is 7.05 Å². The maximum atomic E-state index is 13.8. The first kappa shape index (κ1) is 26.6. The van der Waals surface area contributed by atoms with Gasteiger partial charge in [-0.25, -0.2) is 9.37 Å². The second-order valence-corrected chi connectivity index (χ2v) is 8.87. The maximum absolute atomic E-state index is 13.8. The summed E-state index contributed by atoms with van der Waals surface area (Å²) >= 11 is 0. The molecule has 0 radical (unpaired) electrons. The molecule has 8 heteroatoms. The average molecular weight is 478 g/mol. The molecule has 2 atom stereocenters. The van der Waals surface area contributed by atoms with Gasteiger partial charge in [0, 0.05) is 31.5 Å². The molecule has 0 saturated heterocycles. The molecule has 3 aromatic rings. The maximum Gasteiger partial charge on any atom is 0.130 e. The highest BCUT2D eigenvalue weighted by Gasteiger charge is 2.22. The van der Waals surface area contributed by atoms with Gasteiger partial charge in [-0.3, -0.25) is 0 Å². The van der Waals surface area contributed by atoms with Gasteiger partial charge < -0.3 is 24.5 Å². The second kappa shape index (κ2) is 11.5. The number of aryl methyl sites for hydroxylation is 1. The summed E-state index contributed by atoms with van der Waals surface area (Å²) in [7, 11) is 3.52. The fourth-order valence-corrected chi connectivity index (χ4v) is 3.55. The minimum Gasteiger partial charge on any atom is -0.497 e. The molecule has 0 spiro atoms. The van der Waals surface area contributed by atoms with E-state index in [1.807, 2.05) is 42.1 Å². The molecular formula is C25H33ClFN3O3. The van der Waals surface area contributed by atoms with Crippen LogP contribution in [0.25, 0.3) is 0 Å².